The molecule has 7 nitrogen and oxygen atoms in total. The fraction of sp³-hybridized carbons (Fsp3) is 0.200. The van der Waals surface area contributed by atoms with Gasteiger partial charge in [-0.3, -0.25) is 14.4 Å². The summed E-state index contributed by atoms with van der Waals surface area (Å²) in [6, 6.07) is 11.5. The van der Waals surface area contributed by atoms with E-state index in [4.69, 9.17) is 4.74 Å². The summed E-state index contributed by atoms with van der Waals surface area (Å²) < 4.78 is 31.7. The zero-order valence-electron chi connectivity index (χ0n) is 12.7. The number of sulfonamides is 1. The van der Waals surface area contributed by atoms with Crippen LogP contribution in [0.4, 0.5) is 11.4 Å². The van der Waals surface area contributed by atoms with Gasteiger partial charge in [-0.05, 0) is 31.2 Å². The van der Waals surface area contributed by atoms with Crippen LogP contribution in [-0.4, -0.2) is 27.0 Å². The van der Waals surface area contributed by atoms with E-state index in [0.29, 0.717) is 18.0 Å². The summed E-state index contributed by atoms with van der Waals surface area (Å²) in [4.78, 5) is 10.0. The molecule has 0 bridgehead atoms. The minimum Gasteiger partial charge on any atom is -0.494 e. The molecule has 2 rings (SSSR count). The van der Waals surface area contributed by atoms with E-state index < -0.39 is 14.9 Å². The first-order chi connectivity index (χ1) is 10.9. The molecule has 0 saturated heterocycles. The van der Waals surface area contributed by atoms with E-state index in [2.05, 4.69) is 0 Å². The topological polar surface area (TPSA) is 89.8 Å². The van der Waals surface area contributed by atoms with Gasteiger partial charge in [-0.25, -0.2) is 8.42 Å². The lowest BCUT2D eigenvalue weighted by molar-refractivity contribution is -0.384. The number of hydrogen-bond donors (Lipinski definition) is 0. The Bertz CT molecular complexity index is 803. The van der Waals surface area contributed by atoms with Crippen LogP contribution in [0.3, 0.4) is 0 Å². The molecule has 0 aliphatic rings. The van der Waals surface area contributed by atoms with Gasteiger partial charge in [-0.1, -0.05) is 6.07 Å². The SMILES string of the molecule is CCOc1cccc(N(C)S(=O)(=O)c2ccc([N+](=O)[O-])cc2)c1. The molecule has 0 fully saturated rings. The highest BCUT2D eigenvalue weighted by Gasteiger charge is 2.22. The third-order valence-corrected chi connectivity index (χ3v) is 5.00. The van der Waals surface area contributed by atoms with Gasteiger partial charge in [0.2, 0.25) is 0 Å². The van der Waals surface area contributed by atoms with Crippen molar-refractivity contribution in [3.63, 3.8) is 0 Å². The van der Waals surface area contributed by atoms with Gasteiger partial charge in [0, 0.05) is 25.2 Å². The number of nitro groups is 1. The summed E-state index contributed by atoms with van der Waals surface area (Å²) in [6.07, 6.45) is 0. The van der Waals surface area contributed by atoms with Gasteiger partial charge in [0.15, 0.2) is 0 Å². The smallest absolute Gasteiger partial charge is 0.269 e. The van der Waals surface area contributed by atoms with Crippen molar-refractivity contribution in [2.75, 3.05) is 18.0 Å². The lowest BCUT2D eigenvalue weighted by Crippen LogP contribution is -2.26. The van der Waals surface area contributed by atoms with Crippen molar-refractivity contribution in [2.24, 2.45) is 0 Å². The fourth-order valence-corrected chi connectivity index (χ4v) is 3.16. The highest BCUT2D eigenvalue weighted by Crippen LogP contribution is 2.26. The van der Waals surface area contributed by atoms with Gasteiger partial charge in [-0.2, -0.15) is 0 Å². The normalized spacial score (nSPS) is 11.0. The molecule has 8 heteroatoms. The standard InChI is InChI=1S/C15H16N2O5S/c1-3-22-14-6-4-5-13(11-14)16(2)23(20,21)15-9-7-12(8-10-15)17(18)19/h4-11H,3H2,1-2H3. The fourth-order valence-electron chi connectivity index (χ4n) is 1.97. The van der Waals surface area contributed by atoms with Gasteiger partial charge in [0.25, 0.3) is 15.7 Å². The molecular weight excluding hydrogens is 320 g/mol. The molecule has 0 aliphatic heterocycles. The quantitative estimate of drug-likeness (QED) is 0.597. The molecule has 23 heavy (non-hydrogen) atoms. The van der Waals surface area contributed by atoms with E-state index in [-0.39, 0.29) is 10.6 Å². The lowest BCUT2D eigenvalue weighted by Gasteiger charge is -2.20. The average Bonchev–Trinajstić information content (AvgIpc) is 2.54. The molecular formula is C15H16N2O5S. The Morgan fingerprint density at radius 3 is 2.39 bits per heavy atom. The van der Waals surface area contributed by atoms with Gasteiger partial charge in [0.1, 0.15) is 5.75 Å². The van der Waals surface area contributed by atoms with Crippen LogP contribution in [-0.2, 0) is 10.0 Å². The number of benzene rings is 2. The van der Waals surface area contributed by atoms with Crippen molar-refractivity contribution in [2.45, 2.75) is 11.8 Å². The van der Waals surface area contributed by atoms with Crippen LogP contribution in [0.25, 0.3) is 0 Å². The number of non-ortho nitro benzene ring substituents is 1. The van der Waals surface area contributed by atoms with E-state index in [9.17, 15) is 18.5 Å². The van der Waals surface area contributed by atoms with Gasteiger partial charge < -0.3 is 4.74 Å². The Balaban J connectivity index is 2.34. The van der Waals surface area contributed by atoms with Crippen LogP contribution in [0.15, 0.2) is 53.4 Å². The minimum atomic E-state index is -3.81. The Hall–Kier alpha value is -2.61. The second-order valence-corrected chi connectivity index (χ2v) is 6.62. The molecule has 0 radical (unpaired) electrons. The van der Waals surface area contributed by atoms with E-state index in [1.807, 2.05) is 6.92 Å². The van der Waals surface area contributed by atoms with Crippen molar-refractivity contribution in [1.82, 2.24) is 0 Å². The predicted molar refractivity (Wildman–Crippen MR) is 86.3 cm³/mol. The molecule has 0 aliphatic carbocycles. The summed E-state index contributed by atoms with van der Waals surface area (Å²) in [5.74, 6) is 0.566. The second-order valence-electron chi connectivity index (χ2n) is 4.65. The van der Waals surface area contributed by atoms with Crippen molar-refractivity contribution in [3.05, 3.63) is 58.6 Å². The average molecular weight is 336 g/mol. The number of nitro benzene ring substituents is 1. The number of rotatable bonds is 6. The van der Waals surface area contributed by atoms with Crippen LogP contribution in [0.2, 0.25) is 0 Å². The van der Waals surface area contributed by atoms with Crippen molar-refractivity contribution < 1.29 is 18.1 Å². The molecule has 0 spiro atoms. The molecule has 2 aromatic carbocycles. The molecule has 0 unspecified atom stereocenters. The van der Waals surface area contributed by atoms with Crippen LogP contribution >= 0.6 is 0 Å². The zero-order chi connectivity index (χ0) is 17.0. The van der Waals surface area contributed by atoms with E-state index in [1.165, 1.54) is 19.2 Å². The molecule has 0 atom stereocenters. The second kappa shape index (κ2) is 6.66. The predicted octanol–water partition coefficient (Wildman–Crippen LogP) is 2.82. The maximum Gasteiger partial charge on any atom is 0.269 e. The molecule has 0 heterocycles. The third-order valence-electron chi connectivity index (χ3n) is 3.20. The van der Waals surface area contributed by atoms with Crippen molar-refractivity contribution in [3.8, 4) is 5.75 Å². The van der Waals surface area contributed by atoms with Gasteiger partial charge in [0.05, 0.1) is 22.1 Å². The highest BCUT2D eigenvalue weighted by molar-refractivity contribution is 7.92. The summed E-state index contributed by atoms with van der Waals surface area (Å²) in [7, 11) is -2.39. The first-order valence-corrected chi connectivity index (χ1v) is 8.26. The van der Waals surface area contributed by atoms with Crippen LogP contribution < -0.4 is 9.04 Å². The zero-order valence-corrected chi connectivity index (χ0v) is 13.5. The Morgan fingerprint density at radius 2 is 1.83 bits per heavy atom. The van der Waals surface area contributed by atoms with Crippen molar-refractivity contribution >= 4 is 21.4 Å². The Labute approximate surface area is 134 Å². The van der Waals surface area contributed by atoms with Crippen LogP contribution in [0, 0.1) is 10.1 Å². The monoisotopic (exact) mass is 336 g/mol. The lowest BCUT2D eigenvalue weighted by atomic mass is 10.3. The summed E-state index contributed by atoms with van der Waals surface area (Å²) in [5, 5.41) is 10.6. The highest BCUT2D eigenvalue weighted by atomic mass is 32.2. The van der Waals surface area contributed by atoms with E-state index in [1.54, 1.807) is 24.3 Å². The largest absolute Gasteiger partial charge is 0.494 e. The number of anilines is 1. The minimum absolute atomic E-state index is 0.0209. The molecule has 122 valence electrons. The maximum atomic E-state index is 12.6. The molecule has 0 saturated carbocycles. The Morgan fingerprint density at radius 1 is 1.17 bits per heavy atom. The molecule has 2 aromatic rings. The van der Waals surface area contributed by atoms with Crippen LogP contribution in [0.5, 0.6) is 5.75 Å². The number of ether oxygens (including phenoxy) is 1. The van der Waals surface area contributed by atoms with E-state index >= 15 is 0 Å². The third kappa shape index (κ3) is 3.59. The maximum absolute atomic E-state index is 12.6. The summed E-state index contributed by atoms with van der Waals surface area (Å²) >= 11 is 0. The van der Waals surface area contributed by atoms with Crippen molar-refractivity contribution in [1.29, 1.82) is 0 Å². The first kappa shape index (κ1) is 16.8. The molecule has 0 amide bonds. The van der Waals surface area contributed by atoms with Gasteiger partial charge in [-0.15, -0.1) is 0 Å². The summed E-state index contributed by atoms with van der Waals surface area (Å²) in [5.41, 5.74) is 0.277. The summed E-state index contributed by atoms with van der Waals surface area (Å²) in [6.45, 7) is 2.31. The van der Waals surface area contributed by atoms with E-state index in [0.717, 1.165) is 16.4 Å². The number of nitrogens with zero attached hydrogens (tertiary/aromatic N) is 2. The Kier molecular flexibility index (Phi) is 4.85. The van der Waals surface area contributed by atoms with Crippen LogP contribution in [0.1, 0.15) is 6.92 Å². The van der Waals surface area contributed by atoms with Gasteiger partial charge >= 0.3 is 0 Å². The number of hydrogen-bond acceptors (Lipinski definition) is 5. The first-order valence-electron chi connectivity index (χ1n) is 6.82. The molecule has 0 N–H and O–H groups in total. The molecule has 0 aromatic heterocycles.